The summed E-state index contributed by atoms with van der Waals surface area (Å²) in [5, 5.41) is 13.6. The minimum Gasteiger partial charge on any atom is -0.481 e. The van der Waals surface area contributed by atoms with E-state index in [0.29, 0.717) is 13.0 Å². The van der Waals surface area contributed by atoms with E-state index in [0.717, 1.165) is 0 Å². The summed E-state index contributed by atoms with van der Waals surface area (Å²) < 4.78 is 0. The first-order valence-corrected chi connectivity index (χ1v) is 6.75. The molecule has 1 unspecified atom stereocenters. The highest BCUT2D eigenvalue weighted by Gasteiger charge is 2.17. The molecule has 0 aromatic carbocycles. The molecule has 0 saturated heterocycles. The third kappa shape index (κ3) is 8.47. The van der Waals surface area contributed by atoms with Crippen LogP contribution in [0.5, 0.6) is 0 Å². The van der Waals surface area contributed by atoms with Crippen LogP contribution in [0.2, 0.25) is 0 Å². The summed E-state index contributed by atoms with van der Waals surface area (Å²) in [5.74, 6) is -1.43. The van der Waals surface area contributed by atoms with Crippen LogP contribution in [0.25, 0.3) is 0 Å². The van der Waals surface area contributed by atoms with Gasteiger partial charge in [0, 0.05) is 13.0 Å². The van der Waals surface area contributed by atoms with Gasteiger partial charge in [-0.05, 0) is 18.3 Å². The first-order chi connectivity index (χ1) is 9.23. The van der Waals surface area contributed by atoms with Crippen molar-refractivity contribution in [1.82, 2.24) is 10.6 Å². The molecule has 7 nitrogen and oxygen atoms in total. The van der Waals surface area contributed by atoms with Crippen molar-refractivity contribution in [1.29, 1.82) is 0 Å². The van der Waals surface area contributed by atoms with Crippen molar-refractivity contribution in [2.24, 2.45) is 17.6 Å². The highest BCUT2D eigenvalue weighted by molar-refractivity contribution is 5.87. The molecule has 0 aliphatic carbocycles. The normalized spacial score (nSPS) is 13.7. The van der Waals surface area contributed by atoms with Crippen molar-refractivity contribution >= 4 is 17.8 Å². The molecular formula is C13H25N3O4. The van der Waals surface area contributed by atoms with Gasteiger partial charge in [0.1, 0.15) is 0 Å². The van der Waals surface area contributed by atoms with Crippen LogP contribution in [-0.4, -0.2) is 42.0 Å². The van der Waals surface area contributed by atoms with E-state index in [1.54, 1.807) is 0 Å². The highest BCUT2D eigenvalue weighted by atomic mass is 16.4. The largest absolute Gasteiger partial charge is 0.481 e. The van der Waals surface area contributed by atoms with Crippen molar-refractivity contribution < 1.29 is 19.5 Å². The zero-order chi connectivity index (χ0) is 15.7. The fraction of sp³-hybridized carbons (Fsp3) is 0.769. The molecule has 0 saturated carbocycles. The Balaban J connectivity index is 3.84. The minimum atomic E-state index is -0.849. The summed E-state index contributed by atoms with van der Waals surface area (Å²) in [7, 11) is 0. The van der Waals surface area contributed by atoms with E-state index in [2.05, 4.69) is 10.6 Å². The summed E-state index contributed by atoms with van der Waals surface area (Å²) >= 11 is 0. The number of carboxylic acid groups (broad SMARTS) is 1. The van der Waals surface area contributed by atoms with Crippen LogP contribution in [0.3, 0.4) is 0 Å². The lowest BCUT2D eigenvalue weighted by Gasteiger charge is -2.16. The van der Waals surface area contributed by atoms with E-state index < -0.39 is 12.0 Å². The van der Waals surface area contributed by atoms with Crippen LogP contribution >= 0.6 is 0 Å². The van der Waals surface area contributed by atoms with Crippen LogP contribution in [0.4, 0.5) is 0 Å². The Morgan fingerprint density at radius 1 is 1.15 bits per heavy atom. The Kier molecular flexibility index (Phi) is 8.54. The van der Waals surface area contributed by atoms with Gasteiger partial charge in [0.15, 0.2) is 0 Å². The topological polar surface area (TPSA) is 122 Å². The minimum absolute atomic E-state index is 0.00843. The molecule has 2 amide bonds. The van der Waals surface area contributed by atoms with Gasteiger partial charge < -0.3 is 21.5 Å². The molecule has 0 aliphatic rings. The van der Waals surface area contributed by atoms with E-state index in [-0.39, 0.29) is 36.6 Å². The van der Waals surface area contributed by atoms with Gasteiger partial charge in [-0.15, -0.1) is 0 Å². The number of carboxylic acids is 1. The van der Waals surface area contributed by atoms with Crippen molar-refractivity contribution in [3.8, 4) is 0 Å². The highest BCUT2D eigenvalue weighted by Crippen LogP contribution is 2.03. The third-order valence-corrected chi connectivity index (χ3v) is 2.94. The molecule has 0 aromatic rings. The molecule has 0 aromatic heterocycles. The quantitative estimate of drug-likeness (QED) is 0.464. The van der Waals surface area contributed by atoms with Gasteiger partial charge in [0.05, 0.1) is 12.6 Å². The molecule has 0 rings (SSSR count). The Morgan fingerprint density at radius 3 is 2.25 bits per heavy atom. The number of amides is 2. The number of carbonyl (C=O) groups excluding carboxylic acids is 2. The molecule has 0 radical (unpaired) electrons. The molecular weight excluding hydrogens is 262 g/mol. The number of hydrogen-bond acceptors (Lipinski definition) is 4. The van der Waals surface area contributed by atoms with Crippen LogP contribution in [0.15, 0.2) is 0 Å². The van der Waals surface area contributed by atoms with Crippen LogP contribution in [0.1, 0.15) is 33.6 Å². The second-order valence-corrected chi connectivity index (χ2v) is 5.33. The monoisotopic (exact) mass is 287 g/mol. The molecule has 0 fully saturated rings. The molecule has 116 valence electrons. The van der Waals surface area contributed by atoms with Gasteiger partial charge in [-0.1, -0.05) is 20.8 Å². The molecule has 0 bridgehead atoms. The Morgan fingerprint density at radius 2 is 1.75 bits per heavy atom. The third-order valence-electron chi connectivity index (χ3n) is 2.94. The van der Waals surface area contributed by atoms with Crippen LogP contribution in [-0.2, 0) is 14.4 Å². The lowest BCUT2D eigenvalue weighted by Crippen LogP contribution is -2.47. The second-order valence-electron chi connectivity index (χ2n) is 5.33. The Labute approximate surface area is 119 Å². The summed E-state index contributed by atoms with van der Waals surface area (Å²) in [4.78, 5) is 33.4. The first-order valence-electron chi connectivity index (χ1n) is 6.75. The number of carbonyl (C=O) groups is 3. The average Bonchev–Trinajstić information content (AvgIpc) is 2.38. The van der Waals surface area contributed by atoms with E-state index >= 15 is 0 Å². The van der Waals surface area contributed by atoms with Crippen LogP contribution < -0.4 is 16.4 Å². The second kappa shape index (κ2) is 9.30. The average molecular weight is 287 g/mol. The van der Waals surface area contributed by atoms with Gasteiger partial charge in [0.2, 0.25) is 11.8 Å². The number of nitrogens with two attached hydrogens (primary N) is 1. The Bertz CT molecular complexity index is 345. The zero-order valence-electron chi connectivity index (χ0n) is 12.3. The SMILES string of the molecule is CC(CCC(=O)O)CNC(=O)CNC(=O)[C@@H](N)C(C)C. The fourth-order valence-electron chi connectivity index (χ4n) is 1.41. The van der Waals surface area contributed by atoms with Crippen molar-refractivity contribution in [2.45, 2.75) is 39.7 Å². The number of rotatable bonds is 9. The smallest absolute Gasteiger partial charge is 0.303 e. The fourth-order valence-corrected chi connectivity index (χ4v) is 1.41. The molecule has 2 atom stereocenters. The molecule has 20 heavy (non-hydrogen) atoms. The molecule has 7 heteroatoms. The molecule has 5 N–H and O–H groups in total. The lowest BCUT2D eigenvalue weighted by atomic mass is 10.1. The summed E-state index contributed by atoms with van der Waals surface area (Å²) in [6.45, 7) is 5.78. The molecule has 0 spiro atoms. The van der Waals surface area contributed by atoms with E-state index in [1.807, 2.05) is 20.8 Å². The maximum absolute atomic E-state index is 11.5. The summed E-state index contributed by atoms with van der Waals surface area (Å²) in [5.41, 5.74) is 5.64. The van der Waals surface area contributed by atoms with Gasteiger partial charge in [-0.3, -0.25) is 14.4 Å². The number of aliphatic carboxylic acids is 1. The van der Waals surface area contributed by atoms with Gasteiger partial charge >= 0.3 is 5.97 Å². The predicted octanol–water partition coefficient (Wildman–Crippen LogP) is -0.297. The van der Waals surface area contributed by atoms with Crippen molar-refractivity contribution in [3.63, 3.8) is 0 Å². The lowest BCUT2D eigenvalue weighted by molar-refractivity contribution is -0.137. The zero-order valence-corrected chi connectivity index (χ0v) is 12.3. The number of hydrogen-bond donors (Lipinski definition) is 4. The Hall–Kier alpha value is -1.63. The predicted molar refractivity (Wildman–Crippen MR) is 74.9 cm³/mol. The summed E-state index contributed by atoms with van der Waals surface area (Å²) in [6, 6.07) is -0.628. The van der Waals surface area contributed by atoms with Crippen molar-refractivity contribution in [2.75, 3.05) is 13.1 Å². The molecule has 0 aliphatic heterocycles. The maximum Gasteiger partial charge on any atom is 0.303 e. The van der Waals surface area contributed by atoms with E-state index in [1.165, 1.54) is 0 Å². The maximum atomic E-state index is 11.5. The van der Waals surface area contributed by atoms with E-state index in [9.17, 15) is 14.4 Å². The van der Waals surface area contributed by atoms with E-state index in [4.69, 9.17) is 10.8 Å². The van der Waals surface area contributed by atoms with Crippen LogP contribution in [0, 0.1) is 11.8 Å². The van der Waals surface area contributed by atoms with Gasteiger partial charge in [0.25, 0.3) is 0 Å². The van der Waals surface area contributed by atoms with Crippen molar-refractivity contribution in [3.05, 3.63) is 0 Å². The molecule has 0 heterocycles. The van der Waals surface area contributed by atoms with Gasteiger partial charge in [-0.25, -0.2) is 0 Å². The first kappa shape index (κ1) is 18.4. The standard InChI is InChI=1S/C13H25N3O4/c1-8(2)12(14)13(20)16-7-10(17)15-6-9(3)4-5-11(18)19/h8-9,12H,4-7,14H2,1-3H3,(H,15,17)(H,16,20)(H,18,19)/t9?,12-/m0/s1. The van der Waals surface area contributed by atoms with Gasteiger partial charge in [-0.2, -0.15) is 0 Å². The summed E-state index contributed by atoms with van der Waals surface area (Å²) in [6.07, 6.45) is 0.581. The number of nitrogens with one attached hydrogen (secondary N) is 2.